The minimum atomic E-state index is -4.45. The number of benzene rings is 2. The molecule has 0 saturated heterocycles. The number of alkyl halides is 3. The second-order valence-electron chi connectivity index (χ2n) is 6.74. The monoisotopic (exact) mass is 439 g/mol. The zero-order valence-electron chi connectivity index (χ0n) is 16.7. The molecule has 4 rings (SSSR count). The molecule has 1 amide bonds. The van der Waals surface area contributed by atoms with Crippen molar-refractivity contribution in [3.63, 3.8) is 0 Å². The first kappa shape index (κ1) is 21.0. The van der Waals surface area contributed by atoms with Gasteiger partial charge in [0.25, 0.3) is 5.91 Å². The van der Waals surface area contributed by atoms with E-state index in [-0.39, 0.29) is 5.56 Å². The molecule has 2 aromatic heterocycles. The van der Waals surface area contributed by atoms with Crippen LogP contribution in [-0.2, 0) is 6.18 Å². The second-order valence-corrected chi connectivity index (χ2v) is 6.74. The van der Waals surface area contributed by atoms with Crippen molar-refractivity contribution in [2.75, 3.05) is 5.32 Å². The number of carbonyl (C=O) groups excluding carboxylic acids is 1. The first-order chi connectivity index (χ1) is 15.3. The van der Waals surface area contributed by atoms with Gasteiger partial charge in [-0.25, -0.2) is 9.97 Å². The third-order valence-corrected chi connectivity index (χ3v) is 4.38. The molecule has 32 heavy (non-hydrogen) atoms. The van der Waals surface area contributed by atoms with Crippen molar-refractivity contribution in [3.05, 3.63) is 90.3 Å². The summed E-state index contributed by atoms with van der Waals surface area (Å²) in [5.41, 5.74) is -0.242. The molecular weight excluding hydrogens is 423 g/mol. The standard InChI is InChI=1S/C22H16F3N5O2/c1-14-27-19(30-11-10-26-13-30)12-20(28-14)32-18-8-6-17(7-9-18)29-21(31)15-2-4-16(5-3-15)22(23,24)25/h2-13H,1H3,(H,29,31). The molecule has 1 N–H and O–H groups in total. The van der Waals surface area contributed by atoms with Gasteiger partial charge in [0.1, 0.15) is 23.7 Å². The zero-order valence-corrected chi connectivity index (χ0v) is 16.7. The van der Waals surface area contributed by atoms with E-state index in [0.29, 0.717) is 29.0 Å². The van der Waals surface area contributed by atoms with Gasteiger partial charge in [-0.1, -0.05) is 0 Å². The van der Waals surface area contributed by atoms with E-state index in [9.17, 15) is 18.0 Å². The van der Waals surface area contributed by atoms with Crippen molar-refractivity contribution in [2.24, 2.45) is 0 Å². The van der Waals surface area contributed by atoms with Crippen LogP contribution in [0.3, 0.4) is 0 Å². The number of anilines is 1. The Kier molecular flexibility index (Phi) is 5.59. The molecule has 0 unspecified atom stereocenters. The van der Waals surface area contributed by atoms with Gasteiger partial charge in [-0.15, -0.1) is 0 Å². The topological polar surface area (TPSA) is 81.9 Å². The lowest BCUT2D eigenvalue weighted by molar-refractivity contribution is -0.137. The van der Waals surface area contributed by atoms with Crippen LogP contribution in [0.1, 0.15) is 21.7 Å². The lowest BCUT2D eigenvalue weighted by atomic mass is 10.1. The van der Waals surface area contributed by atoms with Gasteiger partial charge >= 0.3 is 6.18 Å². The van der Waals surface area contributed by atoms with Crippen molar-refractivity contribution in [2.45, 2.75) is 13.1 Å². The molecule has 2 heterocycles. The van der Waals surface area contributed by atoms with E-state index < -0.39 is 17.6 Å². The number of amides is 1. The molecule has 0 saturated carbocycles. The molecule has 10 heteroatoms. The molecule has 0 aliphatic rings. The molecule has 0 radical (unpaired) electrons. The Labute approximate surface area is 180 Å². The summed E-state index contributed by atoms with van der Waals surface area (Å²) in [6, 6.07) is 12.2. The van der Waals surface area contributed by atoms with Crippen LogP contribution in [0, 0.1) is 6.92 Å². The van der Waals surface area contributed by atoms with E-state index in [2.05, 4.69) is 20.3 Å². The summed E-state index contributed by atoms with van der Waals surface area (Å²) in [5, 5.41) is 2.63. The molecule has 0 bridgehead atoms. The van der Waals surface area contributed by atoms with Gasteiger partial charge in [0.15, 0.2) is 0 Å². The lowest BCUT2D eigenvalue weighted by Gasteiger charge is -2.10. The number of halogens is 3. The predicted molar refractivity (Wildman–Crippen MR) is 110 cm³/mol. The van der Waals surface area contributed by atoms with E-state index in [1.807, 2.05) is 0 Å². The molecule has 0 atom stereocenters. The van der Waals surface area contributed by atoms with E-state index >= 15 is 0 Å². The third kappa shape index (κ3) is 4.91. The third-order valence-electron chi connectivity index (χ3n) is 4.38. The summed E-state index contributed by atoms with van der Waals surface area (Å²) in [5.74, 6) is 1.41. The van der Waals surface area contributed by atoms with Gasteiger partial charge < -0.3 is 10.1 Å². The van der Waals surface area contributed by atoms with Crippen molar-refractivity contribution in [1.82, 2.24) is 19.5 Å². The highest BCUT2D eigenvalue weighted by Gasteiger charge is 2.30. The Bertz CT molecular complexity index is 1220. The normalized spacial score (nSPS) is 11.2. The Morgan fingerprint density at radius 1 is 1.03 bits per heavy atom. The number of hydrogen-bond donors (Lipinski definition) is 1. The van der Waals surface area contributed by atoms with Crippen LogP contribution >= 0.6 is 0 Å². The Morgan fingerprint density at radius 2 is 1.75 bits per heavy atom. The van der Waals surface area contributed by atoms with Crippen molar-refractivity contribution in [1.29, 1.82) is 0 Å². The molecule has 4 aromatic rings. The Hall–Kier alpha value is -4.21. The summed E-state index contributed by atoms with van der Waals surface area (Å²) in [6.45, 7) is 1.74. The fraction of sp³-hybridized carbons (Fsp3) is 0.0909. The molecule has 0 fully saturated rings. The van der Waals surface area contributed by atoms with Crippen LogP contribution in [0.2, 0.25) is 0 Å². The minimum Gasteiger partial charge on any atom is -0.439 e. The summed E-state index contributed by atoms with van der Waals surface area (Å²) < 4.78 is 45.5. The molecule has 0 spiro atoms. The van der Waals surface area contributed by atoms with Crippen LogP contribution in [0.25, 0.3) is 5.82 Å². The number of aromatic nitrogens is 4. The molecule has 2 aromatic carbocycles. The fourth-order valence-corrected chi connectivity index (χ4v) is 2.85. The van der Waals surface area contributed by atoms with Crippen molar-refractivity contribution < 1.29 is 22.7 Å². The first-order valence-corrected chi connectivity index (χ1v) is 9.38. The van der Waals surface area contributed by atoms with Gasteiger partial charge in [0, 0.05) is 29.7 Å². The van der Waals surface area contributed by atoms with Crippen LogP contribution < -0.4 is 10.1 Å². The fourth-order valence-electron chi connectivity index (χ4n) is 2.85. The van der Waals surface area contributed by atoms with Crippen molar-refractivity contribution >= 4 is 11.6 Å². The number of carbonyl (C=O) groups is 1. The Balaban J connectivity index is 1.43. The van der Waals surface area contributed by atoms with Crippen LogP contribution in [0.5, 0.6) is 11.6 Å². The van der Waals surface area contributed by atoms with E-state index in [0.717, 1.165) is 24.3 Å². The van der Waals surface area contributed by atoms with Gasteiger partial charge in [-0.05, 0) is 55.5 Å². The Morgan fingerprint density at radius 3 is 2.38 bits per heavy atom. The average molecular weight is 439 g/mol. The molecule has 0 aliphatic heterocycles. The van der Waals surface area contributed by atoms with E-state index in [1.165, 1.54) is 0 Å². The summed E-state index contributed by atoms with van der Waals surface area (Å²) in [6.07, 6.45) is 0.543. The maximum Gasteiger partial charge on any atom is 0.416 e. The lowest BCUT2D eigenvalue weighted by Crippen LogP contribution is -2.12. The molecule has 7 nitrogen and oxygen atoms in total. The van der Waals surface area contributed by atoms with Gasteiger partial charge in [0.05, 0.1) is 5.56 Å². The number of hydrogen-bond acceptors (Lipinski definition) is 5. The SMILES string of the molecule is Cc1nc(Oc2ccc(NC(=O)c3ccc(C(F)(F)F)cc3)cc2)cc(-n2ccnc2)n1. The number of nitrogens with one attached hydrogen (secondary N) is 1. The maximum atomic E-state index is 12.7. The van der Waals surface area contributed by atoms with Gasteiger partial charge in [-0.3, -0.25) is 9.36 Å². The zero-order chi connectivity index (χ0) is 22.7. The quantitative estimate of drug-likeness (QED) is 0.472. The molecule has 162 valence electrons. The van der Waals surface area contributed by atoms with Gasteiger partial charge in [0.2, 0.25) is 5.88 Å². The van der Waals surface area contributed by atoms with Crippen LogP contribution in [-0.4, -0.2) is 25.4 Å². The van der Waals surface area contributed by atoms with Crippen LogP contribution in [0.4, 0.5) is 18.9 Å². The first-order valence-electron chi connectivity index (χ1n) is 9.38. The predicted octanol–water partition coefficient (Wildman–Crippen LogP) is 5.03. The second kappa shape index (κ2) is 8.50. The highest BCUT2D eigenvalue weighted by Crippen LogP contribution is 2.29. The number of rotatable bonds is 5. The number of imidazole rings is 1. The number of aryl methyl sites for hydroxylation is 1. The summed E-state index contributed by atoms with van der Waals surface area (Å²) in [4.78, 5) is 24.9. The number of ether oxygens (including phenoxy) is 1. The van der Waals surface area contributed by atoms with E-state index in [4.69, 9.17) is 4.74 Å². The summed E-state index contributed by atoms with van der Waals surface area (Å²) >= 11 is 0. The smallest absolute Gasteiger partial charge is 0.416 e. The highest BCUT2D eigenvalue weighted by molar-refractivity contribution is 6.04. The summed E-state index contributed by atoms with van der Waals surface area (Å²) in [7, 11) is 0. The average Bonchev–Trinajstić information content (AvgIpc) is 3.29. The largest absolute Gasteiger partial charge is 0.439 e. The minimum absolute atomic E-state index is 0.113. The molecular formula is C22H16F3N5O2. The highest BCUT2D eigenvalue weighted by atomic mass is 19.4. The molecule has 0 aliphatic carbocycles. The maximum absolute atomic E-state index is 12.7. The van der Waals surface area contributed by atoms with Gasteiger partial charge in [-0.2, -0.15) is 18.2 Å². The van der Waals surface area contributed by atoms with Crippen LogP contribution in [0.15, 0.2) is 73.3 Å². The van der Waals surface area contributed by atoms with E-state index in [1.54, 1.807) is 60.5 Å². The van der Waals surface area contributed by atoms with Crippen molar-refractivity contribution in [3.8, 4) is 17.4 Å². The number of nitrogens with zero attached hydrogens (tertiary/aromatic N) is 4.